The van der Waals surface area contributed by atoms with Crippen molar-refractivity contribution in [1.29, 1.82) is 0 Å². The number of amides is 1. The molecule has 128 valence electrons. The van der Waals surface area contributed by atoms with Crippen LogP contribution in [0, 0.1) is 0 Å². The normalized spacial score (nSPS) is 11.1. The summed E-state index contributed by atoms with van der Waals surface area (Å²) in [7, 11) is -2.17. The van der Waals surface area contributed by atoms with Gasteiger partial charge in [0.25, 0.3) is 10.0 Å². The molecule has 0 fully saturated rings. The molecule has 5 nitrogen and oxygen atoms in total. The maximum Gasteiger partial charge on any atom is 0.264 e. The van der Waals surface area contributed by atoms with Crippen LogP contribution < -0.4 is 9.62 Å². The van der Waals surface area contributed by atoms with Gasteiger partial charge in [0, 0.05) is 18.6 Å². The number of rotatable bonds is 6. The van der Waals surface area contributed by atoms with Gasteiger partial charge in [0.15, 0.2) is 0 Å². The number of likely N-dealkylation sites (N-methyl/N-ethyl adjacent to an activating group) is 1. The highest BCUT2D eigenvalue weighted by Gasteiger charge is 2.21. The van der Waals surface area contributed by atoms with Crippen LogP contribution in [0.3, 0.4) is 0 Å². The molecule has 0 unspecified atom stereocenters. The molecule has 0 spiro atoms. The Morgan fingerprint density at radius 2 is 1.67 bits per heavy atom. The number of carbonyl (C=O) groups is 1. The molecule has 0 atom stereocenters. The topological polar surface area (TPSA) is 66.5 Å². The quantitative estimate of drug-likeness (QED) is 0.854. The Bertz CT molecular complexity index is 803. The third-order valence-electron chi connectivity index (χ3n) is 3.51. The molecule has 2 aromatic rings. The summed E-state index contributed by atoms with van der Waals surface area (Å²) in [6.07, 6.45) is 0.266. The van der Waals surface area contributed by atoms with E-state index in [9.17, 15) is 13.2 Å². The van der Waals surface area contributed by atoms with Crippen molar-refractivity contribution in [2.24, 2.45) is 0 Å². The van der Waals surface area contributed by atoms with Gasteiger partial charge in [-0.3, -0.25) is 9.10 Å². The van der Waals surface area contributed by atoms with Crippen LogP contribution in [0.15, 0.2) is 53.4 Å². The Morgan fingerprint density at radius 3 is 2.21 bits per heavy atom. The predicted octanol–water partition coefficient (Wildman–Crippen LogP) is 2.84. The zero-order valence-electron chi connectivity index (χ0n) is 13.5. The highest BCUT2D eigenvalue weighted by atomic mass is 35.5. The summed E-state index contributed by atoms with van der Waals surface area (Å²) < 4.78 is 26.4. The van der Waals surface area contributed by atoms with E-state index in [1.807, 2.05) is 6.92 Å². The largest absolute Gasteiger partial charge is 0.356 e. The molecule has 0 aliphatic heterocycles. The van der Waals surface area contributed by atoms with Crippen molar-refractivity contribution in [3.05, 3.63) is 59.1 Å². The second-order valence-electron chi connectivity index (χ2n) is 5.22. The first-order valence-electron chi connectivity index (χ1n) is 7.44. The lowest BCUT2D eigenvalue weighted by atomic mass is 10.1. The number of nitrogens with zero attached hydrogens (tertiary/aromatic N) is 1. The summed E-state index contributed by atoms with van der Waals surface area (Å²) in [6, 6.07) is 12.9. The molecule has 0 radical (unpaired) electrons. The Morgan fingerprint density at radius 1 is 1.08 bits per heavy atom. The van der Waals surface area contributed by atoms with E-state index in [-0.39, 0.29) is 17.2 Å². The molecular formula is C17H19ClN2O3S. The zero-order valence-corrected chi connectivity index (χ0v) is 15.1. The van der Waals surface area contributed by atoms with Gasteiger partial charge in [0.2, 0.25) is 5.91 Å². The van der Waals surface area contributed by atoms with Crippen LogP contribution in [0.25, 0.3) is 0 Å². The van der Waals surface area contributed by atoms with E-state index in [2.05, 4.69) is 5.32 Å². The highest BCUT2D eigenvalue weighted by molar-refractivity contribution is 7.92. The number of halogens is 1. The number of anilines is 1. The van der Waals surface area contributed by atoms with Gasteiger partial charge < -0.3 is 5.32 Å². The molecule has 0 saturated carbocycles. The van der Waals surface area contributed by atoms with Gasteiger partial charge >= 0.3 is 0 Å². The molecule has 0 aliphatic carbocycles. The van der Waals surface area contributed by atoms with E-state index < -0.39 is 10.0 Å². The van der Waals surface area contributed by atoms with E-state index in [0.29, 0.717) is 17.3 Å². The molecule has 1 N–H and O–H groups in total. The summed E-state index contributed by atoms with van der Waals surface area (Å²) in [6.45, 7) is 2.44. The lowest BCUT2D eigenvalue weighted by Gasteiger charge is -2.20. The van der Waals surface area contributed by atoms with Crippen molar-refractivity contribution in [3.63, 3.8) is 0 Å². The Hall–Kier alpha value is -2.05. The Kier molecular flexibility index (Phi) is 5.85. The first-order valence-corrected chi connectivity index (χ1v) is 9.26. The molecular weight excluding hydrogens is 348 g/mol. The molecule has 1 amide bonds. The fourth-order valence-corrected chi connectivity index (χ4v) is 3.49. The lowest BCUT2D eigenvalue weighted by molar-refractivity contribution is -0.120. The maximum atomic E-state index is 12.6. The zero-order chi connectivity index (χ0) is 17.7. The van der Waals surface area contributed by atoms with Crippen LogP contribution in [0.5, 0.6) is 0 Å². The lowest BCUT2D eigenvalue weighted by Crippen LogP contribution is -2.26. The first-order chi connectivity index (χ1) is 11.3. The van der Waals surface area contributed by atoms with Crippen molar-refractivity contribution in [2.45, 2.75) is 18.2 Å². The third kappa shape index (κ3) is 4.27. The summed E-state index contributed by atoms with van der Waals surface area (Å²) in [5.74, 6) is -0.0626. The SMILES string of the molecule is CCNC(=O)Cc1ccc(N(C)S(=O)(=O)c2ccc(Cl)cc2)cc1. The van der Waals surface area contributed by atoms with Gasteiger partial charge in [0.1, 0.15) is 0 Å². The standard InChI is InChI=1S/C17H19ClN2O3S/c1-3-19-17(21)12-13-4-8-15(9-5-13)20(2)24(22,23)16-10-6-14(18)7-11-16/h4-11H,3,12H2,1-2H3,(H,19,21). The first kappa shape index (κ1) is 18.3. The second kappa shape index (κ2) is 7.68. The molecule has 0 heterocycles. The van der Waals surface area contributed by atoms with E-state index >= 15 is 0 Å². The summed E-state index contributed by atoms with van der Waals surface area (Å²) in [5, 5.41) is 3.20. The molecule has 24 heavy (non-hydrogen) atoms. The highest BCUT2D eigenvalue weighted by Crippen LogP contribution is 2.23. The third-order valence-corrected chi connectivity index (χ3v) is 5.56. The van der Waals surface area contributed by atoms with E-state index in [4.69, 9.17) is 11.6 Å². The van der Waals surface area contributed by atoms with Crippen molar-refractivity contribution >= 4 is 33.2 Å². The Labute approximate surface area is 147 Å². The molecule has 0 aromatic heterocycles. The van der Waals surface area contributed by atoms with Crippen LogP contribution in [0.4, 0.5) is 5.69 Å². The number of benzene rings is 2. The van der Waals surface area contributed by atoms with Crippen LogP contribution in [0.1, 0.15) is 12.5 Å². The van der Waals surface area contributed by atoms with Gasteiger partial charge in [-0.05, 0) is 48.9 Å². The van der Waals surface area contributed by atoms with E-state index in [1.165, 1.54) is 35.6 Å². The van der Waals surface area contributed by atoms with Gasteiger partial charge in [-0.25, -0.2) is 8.42 Å². The fourth-order valence-electron chi connectivity index (χ4n) is 2.17. The average Bonchev–Trinajstić information content (AvgIpc) is 2.55. The minimum absolute atomic E-state index is 0.0626. The fraction of sp³-hybridized carbons (Fsp3) is 0.235. The van der Waals surface area contributed by atoms with Gasteiger partial charge in [0.05, 0.1) is 17.0 Å². The summed E-state index contributed by atoms with van der Waals surface area (Å²) in [4.78, 5) is 11.7. The summed E-state index contributed by atoms with van der Waals surface area (Å²) >= 11 is 5.80. The van der Waals surface area contributed by atoms with Crippen LogP contribution >= 0.6 is 11.6 Å². The minimum Gasteiger partial charge on any atom is -0.356 e. The van der Waals surface area contributed by atoms with Gasteiger partial charge in [-0.1, -0.05) is 23.7 Å². The van der Waals surface area contributed by atoms with E-state index in [1.54, 1.807) is 24.3 Å². The van der Waals surface area contributed by atoms with Crippen LogP contribution in [0.2, 0.25) is 5.02 Å². The average molecular weight is 367 g/mol. The van der Waals surface area contributed by atoms with Gasteiger partial charge in [-0.2, -0.15) is 0 Å². The predicted molar refractivity (Wildman–Crippen MR) is 95.9 cm³/mol. The number of hydrogen-bond donors (Lipinski definition) is 1. The smallest absolute Gasteiger partial charge is 0.264 e. The maximum absolute atomic E-state index is 12.6. The molecule has 0 bridgehead atoms. The van der Waals surface area contributed by atoms with Crippen LogP contribution in [-0.4, -0.2) is 27.9 Å². The van der Waals surface area contributed by atoms with E-state index in [0.717, 1.165) is 5.56 Å². The van der Waals surface area contributed by atoms with Gasteiger partial charge in [-0.15, -0.1) is 0 Å². The minimum atomic E-state index is -3.66. The number of sulfonamides is 1. The molecule has 0 saturated heterocycles. The van der Waals surface area contributed by atoms with Crippen molar-refractivity contribution in [1.82, 2.24) is 5.32 Å². The van der Waals surface area contributed by atoms with Crippen LogP contribution in [-0.2, 0) is 21.2 Å². The number of carbonyl (C=O) groups excluding carboxylic acids is 1. The second-order valence-corrected chi connectivity index (χ2v) is 7.63. The summed E-state index contributed by atoms with van der Waals surface area (Å²) in [5.41, 5.74) is 1.34. The number of nitrogens with one attached hydrogen (secondary N) is 1. The Balaban J connectivity index is 2.18. The van der Waals surface area contributed by atoms with Crippen molar-refractivity contribution in [3.8, 4) is 0 Å². The molecule has 0 aliphatic rings. The molecule has 7 heteroatoms. The molecule has 2 aromatic carbocycles. The monoisotopic (exact) mass is 366 g/mol. The van der Waals surface area contributed by atoms with Crippen molar-refractivity contribution < 1.29 is 13.2 Å². The molecule has 2 rings (SSSR count). The number of hydrogen-bond acceptors (Lipinski definition) is 3. The van der Waals surface area contributed by atoms with Crippen molar-refractivity contribution in [2.75, 3.05) is 17.9 Å².